The van der Waals surface area contributed by atoms with Crippen molar-refractivity contribution in [1.82, 2.24) is 15.5 Å². The molecule has 0 saturated heterocycles. The summed E-state index contributed by atoms with van der Waals surface area (Å²) in [6.45, 7) is 9.55. The van der Waals surface area contributed by atoms with Crippen molar-refractivity contribution in [2.24, 2.45) is 5.92 Å². The molecule has 1 atom stereocenters. The zero-order valence-corrected chi connectivity index (χ0v) is 13.3. The first-order valence-electron chi connectivity index (χ1n) is 7.70. The molecule has 2 rings (SSSR count). The summed E-state index contributed by atoms with van der Waals surface area (Å²) in [5.74, 6) is 2.73. The Kier molecular flexibility index (Phi) is 5.56. The van der Waals surface area contributed by atoms with Crippen LogP contribution in [0.5, 0.6) is 0 Å². The van der Waals surface area contributed by atoms with Crippen LogP contribution < -0.4 is 5.32 Å². The zero-order valence-electron chi connectivity index (χ0n) is 13.3. The fourth-order valence-corrected chi connectivity index (χ4v) is 2.43. The molecule has 1 N–H and O–H groups in total. The highest BCUT2D eigenvalue weighted by atomic mass is 16.5. The van der Waals surface area contributed by atoms with E-state index in [9.17, 15) is 0 Å². The van der Waals surface area contributed by atoms with Gasteiger partial charge in [-0.15, -0.1) is 0 Å². The minimum Gasteiger partial charge on any atom is -0.469 e. The average Bonchev–Trinajstić information content (AvgIpc) is 3.04. The van der Waals surface area contributed by atoms with E-state index in [0.717, 1.165) is 37.1 Å². The van der Waals surface area contributed by atoms with Crippen LogP contribution in [0.25, 0.3) is 11.4 Å². The lowest BCUT2D eigenvalue weighted by Gasteiger charge is -2.18. The van der Waals surface area contributed by atoms with Crippen LogP contribution in [0.1, 0.15) is 45.3 Å². The SMILES string of the molecule is CCCNC(Cc1nc(-c2ccoc2C)no1)CC(C)C. The Morgan fingerprint density at radius 1 is 1.33 bits per heavy atom. The monoisotopic (exact) mass is 291 g/mol. The van der Waals surface area contributed by atoms with Crippen molar-refractivity contribution >= 4 is 0 Å². The summed E-state index contributed by atoms with van der Waals surface area (Å²) >= 11 is 0. The smallest absolute Gasteiger partial charge is 0.228 e. The molecule has 0 radical (unpaired) electrons. The van der Waals surface area contributed by atoms with E-state index in [1.165, 1.54) is 0 Å². The second-order valence-electron chi connectivity index (χ2n) is 5.89. The summed E-state index contributed by atoms with van der Waals surface area (Å²) in [6, 6.07) is 2.24. The van der Waals surface area contributed by atoms with Crippen molar-refractivity contribution in [3.63, 3.8) is 0 Å². The fourth-order valence-electron chi connectivity index (χ4n) is 2.43. The van der Waals surface area contributed by atoms with Crippen molar-refractivity contribution in [3.8, 4) is 11.4 Å². The predicted octanol–water partition coefficient (Wildman–Crippen LogP) is 3.59. The molecule has 0 bridgehead atoms. The van der Waals surface area contributed by atoms with E-state index in [1.807, 2.05) is 13.0 Å². The van der Waals surface area contributed by atoms with E-state index >= 15 is 0 Å². The molecule has 0 amide bonds. The van der Waals surface area contributed by atoms with Gasteiger partial charge in [0, 0.05) is 12.5 Å². The summed E-state index contributed by atoms with van der Waals surface area (Å²) in [5, 5.41) is 7.62. The van der Waals surface area contributed by atoms with Gasteiger partial charge in [0.15, 0.2) is 0 Å². The average molecular weight is 291 g/mol. The van der Waals surface area contributed by atoms with E-state index in [1.54, 1.807) is 6.26 Å². The molecule has 5 nitrogen and oxygen atoms in total. The number of nitrogens with zero attached hydrogens (tertiary/aromatic N) is 2. The molecule has 0 saturated carbocycles. The Morgan fingerprint density at radius 3 is 2.76 bits per heavy atom. The van der Waals surface area contributed by atoms with Gasteiger partial charge < -0.3 is 14.3 Å². The molecule has 0 aliphatic rings. The first-order valence-corrected chi connectivity index (χ1v) is 7.70. The van der Waals surface area contributed by atoms with Crippen molar-refractivity contribution in [3.05, 3.63) is 24.0 Å². The Morgan fingerprint density at radius 2 is 2.14 bits per heavy atom. The van der Waals surface area contributed by atoms with Gasteiger partial charge in [0.1, 0.15) is 5.76 Å². The van der Waals surface area contributed by atoms with Gasteiger partial charge in [0.05, 0.1) is 11.8 Å². The van der Waals surface area contributed by atoms with Crippen LogP contribution in [0.15, 0.2) is 21.3 Å². The molecule has 1 unspecified atom stereocenters. The molecule has 2 aromatic heterocycles. The number of hydrogen-bond acceptors (Lipinski definition) is 5. The Hall–Kier alpha value is -1.62. The van der Waals surface area contributed by atoms with Crippen LogP contribution in [-0.2, 0) is 6.42 Å². The van der Waals surface area contributed by atoms with Crippen LogP contribution in [0.3, 0.4) is 0 Å². The lowest BCUT2D eigenvalue weighted by molar-refractivity contribution is 0.338. The highest BCUT2D eigenvalue weighted by Crippen LogP contribution is 2.21. The van der Waals surface area contributed by atoms with E-state index in [4.69, 9.17) is 8.94 Å². The minimum atomic E-state index is 0.378. The molecule has 116 valence electrons. The summed E-state index contributed by atoms with van der Waals surface area (Å²) in [5.41, 5.74) is 0.895. The lowest BCUT2D eigenvalue weighted by atomic mass is 10.0. The third-order valence-corrected chi connectivity index (χ3v) is 3.43. The van der Waals surface area contributed by atoms with Crippen LogP contribution in [0.4, 0.5) is 0 Å². The number of hydrogen-bond donors (Lipinski definition) is 1. The van der Waals surface area contributed by atoms with Gasteiger partial charge >= 0.3 is 0 Å². The van der Waals surface area contributed by atoms with Crippen LogP contribution in [0.2, 0.25) is 0 Å². The second kappa shape index (κ2) is 7.41. The highest BCUT2D eigenvalue weighted by Gasteiger charge is 2.17. The largest absolute Gasteiger partial charge is 0.469 e. The zero-order chi connectivity index (χ0) is 15.2. The van der Waals surface area contributed by atoms with Crippen molar-refractivity contribution in [2.75, 3.05) is 6.54 Å². The van der Waals surface area contributed by atoms with Crippen LogP contribution in [0, 0.1) is 12.8 Å². The molecule has 0 aromatic carbocycles. The molecule has 0 aliphatic carbocycles. The maximum absolute atomic E-state index is 5.39. The minimum absolute atomic E-state index is 0.378. The fraction of sp³-hybridized carbons (Fsp3) is 0.625. The molecule has 0 fully saturated rings. The van der Waals surface area contributed by atoms with Crippen molar-refractivity contribution < 1.29 is 8.94 Å². The van der Waals surface area contributed by atoms with Gasteiger partial charge in [-0.2, -0.15) is 4.98 Å². The van der Waals surface area contributed by atoms with Gasteiger partial charge in [-0.05, 0) is 38.3 Å². The van der Waals surface area contributed by atoms with E-state index in [2.05, 4.69) is 36.2 Å². The third-order valence-electron chi connectivity index (χ3n) is 3.43. The molecule has 5 heteroatoms. The van der Waals surface area contributed by atoms with E-state index in [0.29, 0.717) is 23.7 Å². The van der Waals surface area contributed by atoms with Crippen LogP contribution in [-0.4, -0.2) is 22.7 Å². The summed E-state index contributed by atoms with van der Waals surface area (Å²) in [6.07, 6.45) is 4.63. The first kappa shape index (κ1) is 15.8. The number of rotatable bonds is 8. The van der Waals surface area contributed by atoms with Gasteiger partial charge in [0.25, 0.3) is 0 Å². The van der Waals surface area contributed by atoms with E-state index < -0.39 is 0 Å². The topological polar surface area (TPSA) is 64.1 Å². The molecule has 2 heterocycles. The first-order chi connectivity index (χ1) is 10.1. The quantitative estimate of drug-likeness (QED) is 0.805. The second-order valence-corrected chi connectivity index (χ2v) is 5.89. The maximum atomic E-state index is 5.39. The number of furan rings is 1. The van der Waals surface area contributed by atoms with Gasteiger partial charge in [-0.3, -0.25) is 0 Å². The van der Waals surface area contributed by atoms with Crippen LogP contribution >= 0.6 is 0 Å². The van der Waals surface area contributed by atoms with E-state index in [-0.39, 0.29) is 0 Å². The number of aryl methyl sites for hydroxylation is 1. The lowest BCUT2D eigenvalue weighted by Crippen LogP contribution is -2.33. The highest BCUT2D eigenvalue weighted by molar-refractivity contribution is 5.56. The Labute approximate surface area is 126 Å². The number of nitrogens with one attached hydrogen (secondary N) is 1. The molecule has 21 heavy (non-hydrogen) atoms. The molecule has 2 aromatic rings. The van der Waals surface area contributed by atoms with Crippen molar-refractivity contribution in [2.45, 2.75) is 53.0 Å². The standard InChI is InChI=1S/C16H25N3O2/c1-5-7-17-13(9-11(2)3)10-15-18-16(19-21-15)14-6-8-20-12(14)4/h6,8,11,13,17H,5,7,9-10H2,1-4H3. The van der Waals surface area contributed by atoms with Crippen molar-refractivity contribution in [1.29, 1.82) is 0 Å². The Balaban J connectivity index is 2.04. The number of aromatic nitrogens is 2. The predicted molar refractivity (Wildman–Crippen MR) is 82.0 cm³/mol. The van der Waals surface area contributed by atoms with Gasteiger partial charge in [-0.1, -0.05) is 25.9 Å². The molecule has 0 aliphatic heterocycles. The summed E-state index contributed by atoms with van der Waals surface area (Å²) in [4.78, 5) is 4.49. The normalized spacial score (nSPS) is 13.0. The van der Waals surface area contributed by atoms with Gasteiger partial charge in [0.2, 0.25) is 11.7 Å². The third kappa shape index (κ3) is 4.43. The summed E-state index contributed by atoms with van der Waals surface area (Å²) < 4.78 is 10.7. The molecule has 0 spiro atoms. The van der Waals surface area contributed by atoms with Gasteiger partial charge in [-0.25, -0.2) is 0 Å². The Bertz CT molecular complexity index is 545. The maximum Gasteiger partial charge on any atom is 0.228 e. The molecular formula is C16H25N3O2. The molecular weight excluding hydrogens is 266 g/mol. The summed E-state index contributed by atoms with van der Waals surface area (Å²) in [7, 11) is 0.